The molecule has 2 aliphatic carbocycles. The third-order valence-corrected chi connectivity index (χ3v) is 5.90. The number of carbonyl (C=O) groups is 1. The molecule has 1 saturated carbocycles. The molecule has 1 aliphatic heterocycles. The van der Waals surface area contributed by atoms with Gasteiger partial charge in [0.2, 0.25) is 0 Å². The highest BCUT2D eigenvalue weighted by Gasteiger charge is 2.51. The molecule has 3 aliphatic rings. The summed E-state index contributed by atoms with van der Waals surface area (Å²) in [5.74, 6) is 0.134. The molecule has 25 heavy (non-hydrogen) atoms. The normalized spacial score (nSPS) is 19.8. The summed E-state index contributed by atoms with van der Waals surface area (Å²) in [5.41, 5.74) is 6.67. The fraction of sp³-hybridized carbons (Fsp3) is 0.318. The van der Waals surface area contributed by atoms with Crippen molar-refractivity contribution in [2.45, 2.75) is 18.8 Å². The Morgan fingerprint density at radius 3 is 2.16 bits per heavy atom. The van der Waals surface area contributed by atoms with Crippen molar-refractivity contribution in [2.24, 2.45) is 5.41 Å². The van der Waals surface area contributed by atoms with Crippen LogP contribution in [0.4, 0.5) is 4.79 Å². The molecule has 2 aromatic carbocycles. The molecule has 3 heteroatoms. The van der Waals surface area contributed by atoms with E-state index in [1.807, 2.05) is 4.90 Å². The number of rotatable bonds is 2. The first kappa shape index (κ1) is 14.8. The number of hydrogen-bond donors (Lipinski definition) is 0. The smallest absolute Gasteiger partial charge is 0.409 e. The first-order chi connectivity index (χ1) is 12.2. The number of amides is 1. The SMILES string of the molecule is C=C1CC2(C1)CN(C(=O)OCC1c3ccccc3-c3ccccc31)C2. The number of fused-ring (bicyclic) bond motifs is 3. The maximum absolute atomic E-state index is 12.4. The summed E-state index contributed by atoms with van der Waals surface area (Å²) in [5, 5.41) is 0. The molecule has 126 valence electrons. The average molecular weight is 331 g/mol. The topological polar surface area (TPSA) is 29.5 Å². The molecule has 1 saturated heterocycles. The predicted molar refractivity (Wildman–Crippen MR) is 97.4 cm³/mol. The summed E-state index contributed by atoms with van der Waals surface area (Å²) in [6.45, 7) is 6.05. The molecule has 0 N–H and O–H groups in total. The lowest BCUT2D eigenvalue weighted by molar-refractivity contribution is -0.0274. The molecule has 1 amide bonds. The molecular weight excluding hydrogens is 310 g/mol. The van der Waals surface area contributed by atoms with Crippen LogP contribution in [0, 0.1) is 5.41 Å². The average Bonchev–Trinajstić information content (AvgIpc) is 2.89. The van der Waals surface area contributed by atoms with E-state index in [2.05, 4.69) is 55.1 Å². The second kappa shape index (κ2) is 5.22. The summed E-state index contributed by atoms with van der Waals surface area (Å²) in [7, 11) is 0. The van der Waals surface area contributed by atoms with Crippen molar-refractivity contribution in [2.75, 3.05) is 19.7 Å². The van der Waals surface area contributed by atoms with Gasteiger partial charge in [0.15, 0.2) is 0 Å². The first-order valence-electron chi connectivity index (χ1n) is 8.92. The van der Waals surface area contributed by atoms with E-state index in [9.17, 15) is 4.79 Å². The molecule has 0 atom stereocenters. The van der Waals surface area contributed by atoms with Gasteiger partial charge in [0, 0.05) is 24.4 Å². The van der Waals surface area contributed by atoms with Gasteiger partial charge in [-0.3, -0.25) is 0 Å². The Labute approximate surface area is 147 Å². The van der Waals surface area contributed by atoms with Crippen LogP contribution >= 0.6 is 0 Å². The lowest BCUT2D eigenvalue weighted by atomic mass is 9.61. The van der Waals surface area contributed by atoms with Crippen molar-refractivity contribution >= 4 is 6.09 Å². The van der Waals surface area contributed by atoms with Gasteiger partial charge in [-0.2, -0.15) is 0 Å². The maximum Gasteiger partial charge on any atom is 0.409 e. The minimum atomic E-state index is -0.176. The summed E-state index contributed by atoms with van der Waals surface area (Å²) in [6, 6.07) is 16.8. The van der Waals surface area contributed by atoms with Crippen molar-refractivity contribution in [3.63, 3.8) is 0 Å². The van der Waals surface area contributed by atoms with Gasteiger partial charge >= 0.3 is 6.09 Å². The fourth-order valence-electron chi connectivity index (χ4n) is 4.81. The van der Waals surface area contributed by atoms with Crippen LogP contribution < -0.4 is 0 Å². The van der Waals surface area contributed by atoms with Crippen LogP contribution in [0.2, 0.25) is 0 Å². The molecular formula is C22H21NO2. The monoisotopic (exact) mass is 331 g/mol. The van der Waals surface area contributed by atoms with E-state index in [1.165, 1.54) is 27.8 Å². The van der Waals surface area contributed by atoms with E-state index in [0.29, 0.717) is 12.0 Å². The third kappa shape index (κ3) is 2.22. The Kier molecular flexibility index (Phi) is 3.08. The summed E-state index contributed by atoms with van der Waals surface area (Å²) in [6.07, 6.45) is 1.96. The molecule has 1 spiro atoms. The summed E-state index contributed by atoms with van der Waals surface area (Å²) < 4.78 is 5.70. The Balaban J connectivity index is 1.29. The van der Waals surface area contributed by atoms with Gasteiger partial charge in [0.25, 0.3) is 0 Å². The number of carbonyl (C=O) groups excluding carboxylic acids is 1. The first-order valence-corrected chi connectivity index (χ1v) is 8.92. The van der Waals surface area contributed by atoms with E-state index < -0.39 is 0 Å². The van der Waals surface area contributed by atoms with E-state index in [-0.39, 0.29) is 12.0 Å². The zero-order valence-corrected chi connectivity index (χ0v) is 14.2. The second-order valence-electron chi connectivity index (χ2n) is 7.76. The van der Waals surface area contributed by atoms with Crippen LogP contribution in [0.1, 0.15) is 29.9 Å². The molecule has 0 aromatic heterocycles. The van der Waals surface area contributed by atoms with Crippen molar-refractivity contribution in [1.29, 1.82) is 0 Å². The Morgan fingerprint density at radius 2 is 1.60 bits per heavy atom. The largest absolute Gasteiger partial charge is 0.448 e. The summed E-state index contributed by atoms with van der Waals surface area (Å²) >= 11 is 0. The van der Waals surface area contributed by atoms with Crippen LogP contribution in [0.25, 0.3) is 11.1 Å². The quantitative estimate of drug-likeness (QED) is 0.754. The van der Waals surface area contributed by atoms with Crippen molar-refractivity contribution in [1.82, 2.24) is 4.90 Å². The number of likely N-dealkylation sites (tertiary alicyclic amines) is 1. The number of hydrogen-bond acceptors (Lipinski definition) is 2. The number of benzene rings is 2. The molecule has 0 radical (unpaired) electrons. The fourth-order valence-corrected chi connectivity index (χ4v) is 4.81. The Hall–Kier alpha value is -2.55. The molecule has 2 aromatic rings. The maximum atomic E-state index is 12.4. The minimum absolute atomic E-state index is 0.134. The highest BCUT2D eigenvalue weighted by atomic mass is 16.6. The van der Waals surface area contributed by atoms with Gasteiger partial charge in [-0.15, -0.1) is 0 Å². The zero-order chi connectivity index (χ0) is 17.0. The van der Waals surface area contributed by atoms with Gasteiger partial charge in [-0.25, -0.2) is 4.79 Å². The lowest BCUT2D eigenvalue weighted by Gasteiger charge is -2.56. The van der Waals surface area contributed by atoms with Crippen LogP contribution in [-0.2, 0) is 4.74 Å². The summed E-state index contributed by atoms with van der Waals surface area (Å²) in [4.78, 5) is 14.2. The number of nitrogens with zero attached hydrogens (tertiary/aromatic N) is 1. The Morgan fingerprint density at radius 1 is 1.04 bits per heavy atom. The predicted octanol–water partition coefficient (Wildman–Crippen LogP) is 4.59. The number of ether oxygens (including phenoxy) is 1. The molecule has 0 unspecified atom stereocenters. The van der Waals surface area contributed by atoms with Gasteiger partial charge in [-0.05, 0) is 35.1 Å². The second-order valence-corrected chi connectivity index (χ2v) is 7.76. The molecule has 1 heterocycles. The zero-order valence-electron chi connectivity index (χ0n) is 14.2. The van der Waals surface area contributed by atoms with Crippen molar-refractivity contribution in [3.8, 4) is 11.1 Å². The highest BCUT2D eigenvalue weighted by Crippen LogP contribution is 2.51. The van der Waals surface area contributed by atoms with Crippen molar-refractivity contribution < 1.29 is 9.53 Å². The van der Waals surface area contributed by atoms with E-state index in [4.69, 9.17) is 4.74 Å². The molecule has 5 rings (SSSR count). The highest BCUT2D eigenvalue weighted by molar-refractivity contribution is 5.79. The molecule has 3 nitrogen and oxygen atoms in total. The van der Waals surface area contributed by atoms with Gasteiger partial charge in [0.05, 0.1) is 0 Å². The van der Waals surface area contributed by atoms with Crippen LogP contribution in [0.5, 0.6) is 0 Å². The third-order valence-electron chi connectivity index (χ3n) is 5.90. The van der Waals surface area contributed by atoms with Gasteiger partial charge in [0.1, 0.15) is 6.61 Å². The lowest BCUT2D eigenvalue weighted by Crippen LogP contribution is -2.62. The minimum Gasteiger partial charge on any atom is -0.448 e. The molecule has 0 bridgehead atoms. The number of allylic oxidation sites excluding steroid dienone is 1. The van der Waals surface area contributed by atoms with Crippen LogP contribution in [0.3, 0.4) is 0 Å². The molecule has 2 fully saturated rings. The van der Waals surface area contributed by atoms with Gasteiger partial charge in [-0.1, -0.05) is 60.7 Å². The van der Waals surface area contributed by atoms with E-state index in [1.54, 1.807) is 0 Å². The van der Waals surface area contributed by atoms with E-state index in [0.717, 1.165) is 25.9 Å². The van der Waals surface area contributed by atoms with Crippen molar-refractivity contribution in [3.05, 3.63) is 71.8 Å². The van der Waals surface area contributed by atoms with Crippen LogP contribution in [0.15, 0.2) is 60.7 Å². The Bertz CT molecular complexity index is 824. The van der Waals surface area contributed by atoms with Crippen LogP contribution in [-0.4, -0.2) is 30.7 Å². The standard InChI is InChI=1S/C22H21NO2/c1-15-10-22(11-15)13-23(14-22)21(24)25-12-20-18-8-4-2-6-16(18)17-7-3-5-9-19(17)20/h2-9,20H,1,10-14H2. The van der Waals surface area contributed by atoms with Gasteiger partial charge < -0.3 is 9.64 Å². The van der Waals surface area contributed by atoms with E-state index >= 15 is 0 Å².